The van der Waals surface area contributed by atoms with Crippen molar-refractivity contribution in [2.45, 2.75) is 71.5 Å². The first kappa shape index (κ1) is 12.4. The van der Waals surface area contributed by atoms with Gasteiger partial charge in [-0.05, 0) is 43.9 Å². The molecule has 4 unspecified atom stereocenters. The molecule has 0 bridgehead atoms. The van der Waals surface area contributed by atoms with Gasteiger partial charge in [-0.15, -0.1) is 0 Å². The minimum absolute atomic E-state index is 0.417. The predicted octanol–water partition coefficient (Wildman–Crippen LogP) is 2.62. The van der Waals surface area contributed by atoms with E-state index in [0.29, 0.717) is 23.4 Å². The number of likely N-dealkylation sites (tertiary alicyclic amines) is 1. The summed E-state index contributed by atoms with van der Waals surface area (Å²) in [4.78, 5) is 2.74. The summed E-state index contributed by atoms with van der Waals surface area (Å²) in [7, 11) is 0. The molecule has 0 aromatic rings. The van der Waals surface area contributed by atoms with Crippen LogP contribution in [0.3, 0.4) is 0 Å². The quantitative estimate of drug-likeness (QED) is 0.742. The molecule has 0 spiro atoms. The number of piperidine rings is 1. The summed E-state index contributed by atoms with van der Waals surface area (Å²) in [6.07, 6.45) is 5.34. The molecule has 2 fully saturated rings. The number of hydrogen-bond donors (Lipinski definition) is 1. The zero-order valence-corrected chi connectivity index (χ0v) is 11.4. The average Bonchev–Trinajstić information content (AvgIpc) is 2.55. The van der Waals surface area contributed by atoms with Crippen molar-refractivity contribution in [1.29, 1.82) is 0 Å². The van der Waals surface area contributed by atoms with Crippen LogP contribution in [0.1, 0.15) is 53.4 Å². The fourth-order valence-electron chi connectivity index (χ4n) is 3.62. The Labute approximate surface area is 101 Å². The lowest BCUT2D eigenvalue weighted by Gasteiger charge is -2.44. The molecule has 1 heterocycles. The van der Waals surface area contributed by atoms with Crippen LogP contribution in [0.4, 0.5) is 0 Å². The molecule has 16 heavy (non-hydrogen) atoms. The Bertz CT molecular complexity index is 249. The van der Waals surface area contributed by atoms with E-state index in [1.165, 1.54) is 32.2 Å². The monoisotopic (exact) mass is 224 g/mol. The highest BCUT2D eigenvalue weighted by Gasteiger charge is 2.39. The Balaban J connectivity index is 2.00. The number of hydrogen-bond acceptors (Lipinski definition) is 2. The van der Waals surface area contributed by atoms with E-state index in [1.54, 1.807) is 0 Å². The minimum atomic E-state index is 0.417. The fraction of sp³-hybridized carbons (Fsp3) is 1.00. The molecule has 2 rings (SSSR count). The summed E-state index contributed by atoms with van der Waals surface area (Å²) >= 11 is 0. The lowest BCUT2D eigenvalue weighted by molar-refractivity contribution is 0.0545. The van der Waals surface area contributed by atoms with E-state index < -0.39 is 0 Å². The van der Waals surface area contributed by atoms with Crippen molar-refractivity contribution in [2.24, 2.45) is 17.1 Å². The molecule has 1 aliphatic carbocycles. The maximum absolute atomic E-state index is 6.16. The van der Waals surface area contributed by atoms with Crippen LogP contribution in [-0.4, -0.2) is 29.6 Å². The number of nitrogens with zero attached hydrogens (tertiary/aromatic N) is 1. The lowest BCUT2D eigenvalue weighted by atomic mass is 9.85. The number of rotatable bonds is 1. The molecule has 2 heteroatoms. The second-order valence-corrected chi connectivity index (χ2v) is 6.85. The maximum Gasteiger partial charge on any atom is 0.0110 e. The molecule has 2 aliphatic rings. The van der Waals surface area contributed by atoms with Gasteiger partial charge in [0.15, 0.2) is 0 Å². The Morgan fingerprint density at radius 1 is 1.19 bits per heavy atom. The van der Waals surface area contributed by atoms with E-state index >= 15 is 0 Å². The molecule has 0 amide bonds. The molecule has 1 saturated heterocycles. The van der Waals surface area contributed by atoms with Crippen molar-refractivity contribution in [3.8, 4) is 0 Å². The van der Waals surface area contributed by atoms with Gasteiger partial charge < -0.3 is 5.73 Å². The van der Waals surface area contributed by atoms with E-state index in [9.17, 15) is 0 Å². The molecule has 2 nitrogen and oxygen atoms in total. The third-order valence-corrected chi connectivity index (χ3v) is 5.09. The van der Waals surface area contributed by atoms with Gasteiger partial charge in [-0.3, -0.25) is 4.90 Å². The summed E-state index contributed by atoms with van der Waals surface area (Å²) in [5.41, 5.74) is 6.72. The Kier molecular flexibility index (Phi) is 3.33. The molecule has 0 aromatic carbocycles. The van der Waals surface area contributed by atoms with Gasteiger partial charge in [-0.1, -0.05) is 20.8 Å². The minimum Gasteiger partial charge on any atom is -0.327 e. The first-order valence-corrected chi connectivity index (χ1v) is 6.92. The Morgan fingerprint density at radius 3 is 2.44 bits per heavy atom. The summed E-state index contributed by atoms with van der Waals surface area (Å²) in [5.74, 6) is 0.650. The van der Waals surface area contributed by atoms with Crippen LogP contribution in [0.25, 0.3) is 0 Å². The molecule has 4 atom stereocenters. The van der Waals surface area contributed by atoms with Crippen molar-refractivity contribution in [1.82, 2.24) is 4.90 Å². The number of nitrogens with two attached hydrogens (primary N) is 1. The Hall–Kier alpha value is -0.0800. The van der Waals surface area contributed by atoms with Crippen molar-refractivity contribution < 1.29 is 0 Å². The van der Waals surface area contributed by atoms with Gasteiger partial charge >= 0.3 is 0 Å². The second-order valence-electron chi connectivity index (χ2n) is 6.85. The van der Waals surface area contributed by atoms with Gasteiger partial charge in [0.25, 0.3) is 0 Å². The van der Waals surface area contributed by atoms with E-state index in [0.717, 1.165) is 6.04 Å². The molecular formula is C14H28N2. The molecule has 0 aromatic heterocycles. The van der Waals surface area contributed by atoms with E-state index in [2.05, 4.69) is 32.6 Å². The Morgan fingerprint density at radius 2 is 1.88 bits per heavy atom. The van der Waals surface area contributed by atoms with Crippen LogP contribution in [-0.2, 0) is 0 Å². The zero-order valence-electron chi connectivity index (χ0n) is 11.4. The summed E-state index contributed by atoms with van der Waals surface area (Å²) in [6.45, 7) is 10.7. The maximum atomic E-state index is 6.16. The summed E-state index contributed by atoms with van der Waals surface area (Å²) < 4.78 is 0. The van der Waals surface area contributed by atoms with Gasteiger partial charge in [-0.25, -0.2) is 0 Å². The third kappa shape index (κ3) is 2.28. The molecule has 1 saturated carbocycles. The van der Waals surface area contributed by atoms with Gasteiger partial charge in [0, 0.05) is 24.7 Å². The molecule has 94 valence electrons. The van der Waals surface area contributed by atoms with Gasteiger partial charge in [0.05, 0.1) is 0 Å². The fourth-order valence-corrected chi connectivity index (χ4v) is 3.62. The first-order chi connectivity index (χ1) is 7.41. The van der Waals surface area contributed by atoms with Crippen LogP contribution < -0.4 is 5.73 Å². The zero-order chi connectivity index (χ0) is 11.9. The van der Waals surface area contributed by atoms with Crippen LogP contribution in [0, 0.1) is 11.3 Å². The highest BCUT2D eigenvalue weighted by atomic mass is 15.2. The van der Waals surface area contributed by atoms with Crippen molar-refractivity contribution in [2.75, 3.05) is 6.54 Å². The average molecular weight is 224 g/mol. The normalized spacial score (nSPS) is 44.8. The second kappa shape index (κ2) is 4.30. The molecular weight excluding hydrogens is 196 g/mol. The van der Waals surface area contributed by atoms with Gasteiger partial charge in [-0.2, -0.15) is 0 Å². The molecule has 0 radical (unpaired) electrons. The smallest absolute Gasteiger partial charge is 0.0110 e. The third-order valence-electron chi connectivity index (χ3n) is 5.09. The van der Waals surface area contributed by atoms with Crippen LogP contribution in [0.5, 0.6) is 0 Å². The first-order valence-electron chi connectivity index (χ1n) is 6.92. The van der Waals surface area contributed by atoms with E-state index in [-0.39, 0.29) is 0 Å². The van der Waals surface area contributed by atoms with Crippen molar-refractivity contribution in [3.63, 3.8) is 0 Å². The topological polar surface area (TPSA) is 29.3 Å². The summed E-state index contributed by atoms with van der Waals surface area (Å²) in [6, 6.07) is 1.91. The SMILES string of the molecule is CC1C(N)CCN(C2CCC(C)(C)C2)C1C. The molecule has 1 aliphatic heterocycles. The van der Waals surface area contributed by atoms with Crippen LogP contribution >= 0.6 is 0 Å². The standard InChI is InChI=1S/C14H28N2/c1-10-11(2)16(8-6-13(10)15)12-5-7-14(3,4)9-12/h10-13H,5-9,15H2,1-4H3. The largest absolute Gasteiger partial charge is 0.327 e. The predicted molar refractivity (Wildman–Crippen MR) is 69.3 cm³/mol. The van der Waals surface area contributed by atoms with Crippen molar-refractivity contribution >= 4 is 0 Å². The van der Waals surface area contributed by atoms with Gasteiger partial charge in [0.1, 0.15) is 0 Å². The lowest BCUT2D eigenvalue weighted by Crippen LogP contribution is -2.54. The summed E-state index contributed by atoms with van der Waals surface area (Å²) in [5, 5.41) is 0. The van der Waals surface area contributed by atoms with Crippen molar-refractivity contribution in [3.05, 3.63) is 0 Å². The van der Waals surface area contributed by atoms with Crippen LogP contribution in [0.15, 0.2) is 0 Å². The highest BCUT2D eigenvalue weighted by molar-refractivity contribution is 4.95. The van der Waals surface area contributed by atoms with Gasteiger partial charge in [0.2, 0.25) is 0 Å². The van der Waals surface area contributed by atoms with E-state index in [1.807, 2.05) is 0 Å². The highest BCUT2D eigenvalue weighted by Crippen LogP contribution is 2.41. The molecule has 2 N–H and O–H groups in total. The van der Waals surface area contributed by atoms with E-state index in [4.69, 9.17) is 5.73 Å². The van der Waals surface area contributed by atoms with Crippen LogP contribution in [0.2, 0.25) is 0 Å².